The van der Waals surface area contributed by atoms with Gasteiger partial charge in [-0.3, -0.25) is 9.13 Å². The van der Waals surface area contributed by atoms with E-state index in [2.05, 4.69) is 27.5 Å². The molecule has 1 N–H and O–H groups in total. The topological polar surface area (TPSA) is 81.4 Å². The smallest absolute Gasteiger partial charge is 0.292 e. The highest BCUT2D eigenvalue weighted by molar-refractivity contribution is 5.80. The van der Waals surface area contributed by atoms with E-state index in [0.717, 1.165) is 57.5 Å². The number of aryl methyl sites for hydroxylation is 1. The number of imidazole rings is 1. The fraction of sp³-hybridized carbons (Fsp3) is 0.185. The van der Waals surface area contributed by atoms with Crippen LogP contribution in [-0.2, 0) is 13.0 Å². The number of nitrogens with one attached hydrogen (secondary N) is 1. The van der Waals surface area contributed by atoms with Gasteiger partial charge in [-0.15, -0.1) is 5.10 Å². The van der Waals surface area contributed by atoms with Gasteiger partial charge >= 0.3 is 5.69 Å². The number of hydrogen-bond acceptors (Lipinski definition) is 4. The van der Waals surface area contributed by atoms with Crippen molar-refractivity contribution in [3.05, 3.63) is 106 Å². The van der Waals surface area contributed by atoms with Crippen molar-refractivity contribution in [2.45, 2.75) is 32.7 Å². The minimum Gasteiger partial charge on any atom is -0.292 e. The maximum atomic E-state index is 14.5. The zero-order valence-corrected chi connectivity index (χ0v) is 19.7. The summed E-state index contributed by atoms with van der Waals surface area (Å²) in [6, 6.07) is 19.2. The summed E-state index contributed by atoms with van der Waals surface area (Å²) in [5, 5.41) is 14.1. The van der Waals surface area contributed by atoms with Gasteiger partial charge in [-0.25, -0.2) is 18.7 Å². The lowest BCUT2D eigenvalue weighted by Gasteiger charge is -2.10. The second-order valence-electron chi connectivity index (χ2n) is 8.53. The molecule has 7 nitrogen and oxygen atoms in total. The van der Waals surface area contributed by atoms with Gasteiger partial charge < -0.3 is 0 Å². The van der Waals surface area contributed by atoms with Gasteiger partial charge in [-0.2, -0.15) is 0 Å². The first kappa shape index (κ1) is 23.3. The van der Waals surface area contributed by atoms with E-state index in [1.165, 1.54) is 6.07 Å². The van der Waals surface area contributed by atoms with Gasteiger partial charge in [0.05, 0.1) is 6.54 Å². The second kappa shape index (κ2) is 10.1. The highest BCUT2D eigenvalue weighted by Gasteiger charge is 2.18. The Morgan fingerprint density at radius 2 is 1.64 bits per heavy atom. The molecule has 2 aromatic heterocycles. The predicted molar refractivity (Wildman–Crippen MR) is 133 cm³/mol. The molecule has 0 saturated heterocycles. The van der Waals surface area contributed by atoms with Crippen LogP contribution in [0.15, 0.2) is 77.7 Å². The molecule has 0 unspecified atom stereocenters. The molecule has 0 aliphatic heterocycles. The van der Waals surface area contributed by atoms with Crippen LogP contribution in [0.1, 0.15) is 31.0 Å². The molecule has 5 aromatic rings. The van der Waals surface area contributed by atoms with Gasteiger partial charge in [-0.05, 0) is 52.1 Å². The number of aromatic nitrogens is 6. The first-order valence-electron chi connectivity index (χ1n) is 11.7. The standard InChI is InChI=1S/C27H24F2N6O/c1-2-3-7-20-17-35(25-23(28)10-6-11-24(25)29)27(36)34(20)16-18-12-14-19(15-13-18)21-8-4-5-9-22(21)26-30-32-33-31-26/h4-6,8-15,17H,2-3,7,16H2,1H3,(H,30,31,32,33). The summed E-state index contributed by atoms with van der Waals surface area (Å²) >= 11 is 0. The van der Waals surface area contributed by atoms with E-state index in [0.29, 0.717) is 12.2 Å². The quantitative estimate of drug-likeness (QED) is 0.329. The third-order valence-electron chi connectivity index (χ3n) is 6.16. The number of nitrogens with zero attached hydrogens (tertiary/aromatic N) is 5. The van der Waals surface area contributed by atoms with Gasteiger partial charge in [-0.1, -0.05) is 67.9 Å². The van der Waals surface area contributed by atoms with E-state index in [1.54, 1.807) is 10.8 Å². The molecule has 182 valence electrons. The minimum absolute atomic E-state index is 0.287. The molecule has 9 heteroatoms. The van der Waals surface area contributed by atoms with Gasteiger partial charge in [0.1, 0.15) is 17.3 Å². The van der Waals surface area contributed by atoms with Crippen LogP contribution >= 0.6 is 0 Å². The van der Waals surface area contributed by atoms with Crippen LogP contribution in [-0.4, -0.2) is 29.8 Å². The van der Waals surface area contributed by atoms with Crippen molar-refractivity contribution < 1.29 is 8.78 Å². The molecule has 0 fully saturated rings. The molecule has 5 rings (SSSR count). The average Bonchev–Trinajstić information content (AvgIpc) is 3.53. The SMILES string of the molecule is CCCCc1cn(-c2c(F)cccc2F)c(=O)n1Cc1ccc(-c2ccccc2-c2nnn[nH]2)cc1. The highest BCUT2D eigenvalue weighted by atomic mass is 19.1. The number of aromatic amines is 1. The minimum atomic E-state index is -0.777. The fourth-order valence-electron chi connectivity index (χ4n) is 4.32. The largest absolute Gasteiger partial charge is 0.333 e. The Labute approximate surface area is 206 Å². The first-order valence-corrected chi connectivity index (χ1v) is 11.7. The van der Waals surface area contributed by atoms with Crippen LogP contribution in [0.5, 0.6) is 0 Å². The summed E-state index contributed by atoms with van der Waals surface area (Å²) in [5.41, 5.74) is 3.60. The van der Waals surface area contributed by atoms with E-state index in [9.17, 15) is 13.6 Å². The maximum Gasteiger partial charge on any atom is 0.333 e. The molecule has 0 saturated carbocycles. The molecule has 0 aliphatic rings. The average molecular weight is 487 g/mol. The molecular weight excluding hydrogens is 462 g/mol. The zero-order valence-electron chi connectivity index (χ0n) is 19.7. The van der Waals surface area contributed by atoms with Crippen molar-refractivity contribution in [1.82, 2.24) is 29.8 Å². The van der Waals surface area contributed by atoms with Crippen molar-refractivity contribution in [2.75, 3.05) is 0 Å². The number of H-pyrrole nitrogens is 1. The van der Waals surface area contributed by atoms with Crippen molar-refractivity contribution in [2.24, 2.45) is 0 Å². The number of para-hydroxylation sites is 1. The normalized spacial score (nSPS) is 11.2. The Hall–Kier alpha value is -4.40. The molecule has 2 heterocycles. The lowest BCUT2D eigenvalue weighted by molar-refractivity contribution is 0.564. The van der Waals surface area contributed by atoms with Crippen LogP contribution in [0.4, 0.5) is 8.78 Å². The number of rotatable bonds is 8. The Morgan fingerprint density at radius 3 is 2.31 bits per heavy atom. The molecule has 0 atom stereocenters. The van der Waals surface area contributed by atoms with E-state index in [1.807, 2.05) is 48.5 Å². The fourth-order valence-corrected chi connectivity index (χ4v) is 4.32. The van der Waals surface area contributed by atoms with Gasteiger partial charge in [0.2, 0.25) is 0 Å². The second-order valence-corrected chi connectivity index (χ2v) is 8.53. The predicted octanol–water partition coefficient (Wildman–Crippen LogP) is 5.16. The maximum absolute atomic E-state index is 14.5. The molecule has 36 heavy (non-hydrogen) atoms. The number of benzene rings is 3. The summed E-state index contributed by atoms with van der Waals surface area (Å²) < 4.78 is 31.6. The van der Waals surface area contributed by atoms with Crippen molar-refractivity contribution in [3.63, 3.8) is 0 Å². The number of tetrazole rings is 1. The van der Waals surface area contributed by atoms with Gasteiger partial charge in [0, 0.05) is 17.5 Å². The van der Waals surface area contributed by atoms with E-state index >= 15 is 0 Å². The molecule has 0 radical (unpaired) electrons. The summed E-state index contributed by atoms with van der Waals surface area (Å²) in [6.07, 6.45) is 3.97. The van der Waals surface area contributed by atoms with E-state index in [4.69, 9.17) is 0 Å². The lowest BCUT2D eigenvalue weighted by atomic mass is 9.98. The summed E-state index contributed by atoms with van der Waals surface area (Å²) in [6.45, 7) is 2.34. The van der Waals surface area contributed by atoms with Crippen LogP contribution in [0.25, 0.3) is 28.2 Å². The summed E-state index contributed by atoms with van der Waals surface area (Å²) in [5.74, 6) is -0.981. The Bertz CT molecular complexity index is 1520. The molecule has 0 spiro atoms. The molecule has 3 aromatic carbocycles. The van der Waals surface area contributed by atoms with Crippen LogP contribution in [0.3, 0.4) is 0 Å². The summed E-state index contributed by atoms with van der Waals surface area (Å²) in [7, 11) is 0. The van der Waals surface area contributed by atoms with E-state index < -0.39 is 17.3 Å². The Morgan fingerprint density at radius 1 is 0.917 bits per heavy atom. The zero-order chi connectivity index (χ0) is 25.1. The molecule has 0 amide bonds. The van der Waals surface area contributed by atoms with Crippen LogP contribution in [0, 0.1) is 11.6 Å². The van der Waals surface area contributed by atoms with Crippen molar-refractivity contribution >= 4 is 0 Å². The highest BCUT2D eigenvalue weighted by Crippen LogP contribution is 2.30. The third-order valence-corrected chi connectivity index (χ3v) is 6.16. The summed E-state index contributed by atoms with van der Waals surface area (Å²) in [4.78, 5) is 13.3. The first-order chi connectivity index (χ1) is 17.6. The number of halogens is 2. The van der Waals surface area contributed by atoms with Gasteiger partial charge in [0.25, 0.3) is 0 Å². The van der Waals surface area contributed by atoms with Crippen molar-refractivity contribution in [3.8, 4) is 28.2 Å². The van der Waals surface area contributed by atoms with Gasteiger partial charge in [0.15, 0.2) is 5.82 Å². The van der Waals surface area contributed by atoms with Crippen LogP contribution in [0.2, 0.25) is 0 Å². The third kappa shape index (κ3) is 4.47. The number of unbranched alkanes of at least 4 members (excludes halogenated alkanes) is 1. The Kier molecular flexibility index (Phi) is 6.53. The van der Waals surface area contributed by atoms with E-state index in [-0.39, 0.29) is 12.2 Å². The molecule has 0 aliphatic carbocycles. The van der Waals surface area contributed by atoms with Crippen molar-refractivity contribution in [1.29, 1.82) is 0 Å². The molecule has 0 bridgehead atoms. The van der Waals surface area contributed by atoms with Crippen LogP contribution < -0.4 is 5.69 Å². The molecular formula is C27H24F2N6O. The Balaban J connectivity index is 1.49. The monoisotopic (exact) mass is 486 g/mol. The lowest BCUT2D eigenvalue weighted by Crippen LogP contribution is -2.25. The number of hydrogen-bond donors (Lipinski definition) is 1.